The van der Waals surface area contributed by atoms with E-state index < -0.39 is 9.84 Å². The van der Waals surface area contributed by atoms with Crippen LogP contribution < -0.4 is 0 Å². The Morgan fingerprint density at radius 1 is 1.50 bits per heavy atom. The molecule has 86 valence electrons. The monoisotopic (exact) mass is 258 g/mol. The summed E-state index contributed by atoms with van der Waals surface area (Å²) in [5.41, 5.74) is 1.29. The Kier molecular flexibility index (Phi) is 3.89. The number of rotatable bonds is 3. The molecule has 0 bridgehead atoms. The first kappa shape index (κ1) is 12.9. The minimum Gasteiger partial charge on any atom is -0.240 e. The molecule has 0 atom stereocenters. The largest absolute Gasteiger partial charge is 0.240 e. The summed E-state index contributed by atoms with van der Waals surface area (Å²) in [4.78, 5) is 3.93. The first-order valence-electron chi connectivity index (χ1n) is 4.59. The van der Waals surface area contributed by atoms with Crippen molar-refractivity contribution in [3.8, 4) is 6.07 Å². The molecule has 1 aromatic heterocycles. The van der Waals surface area contributed by atoms with Crippen LogP contribution in [0.4, 0.5) is 0 Å². The van der Waals surface area contributed by atoms with Gasteiger partial charge in [-0.3, -0.25) is 0 Å². The van der Waals surface area contributed by atoms with Gasteiger partial charge in [0.2, 0.25) is 0 Å². The number of nitriles is 1. The highest BCUT2D eigenvalue weighted by molar-refractivity contribution is 7.91. The zero-order valence-electron chi connectivity index (χ0n) is 8.99. The van der Waals surface area contributed by atoms with Gasteiger partial charge >= 0.3 is 0 Å². The Bertz CT molecular complexity index is 547. The highest BCUT2D eigenvalue weighted by atomic mass is 35.5. The van der Waals surface area contributed by atoms with Gasteiger partial charge in [-0.2, -0.15) is 5.26 Å². The maximum Gasteiger partial charge on any atom is 0.198 e. The molecule has 1 aromatic rings. The summed E-state index contributed by atoms with van der Waals surface area (Å²) in [5, 5.41) is 8.78. The second-order valence-electron chi connectivity index (χ2n) is 3.38. The van der Waals surface area contributed by atoms with Gasteiger partial charge < -0.3 is 0 Å². The molecule has 0 N–H and O–H groups in total. The minimum absolute atomic E-state index is 0.0120. The van der Waals surface area contributed by atoms with Crippen LogP contribution in [0.5, 0.6) is 0 Å². The lowest BCUT2D eigenvalue weighted by Crippen LogP contribution is -2.13. The van der Waals surface area contributed by atoms with Crippen molar-refractivity contribution < 1.29 is 8.42 Å². The smallest absolute Gasteiger partial charge is 0.198 e. The minimum atomic E-state index is -3.56. The first-order chi connectivity index (χ1) is 7.42. The summed E-state index contributed by atoms with van der Waals surface area (Å²) in [6.07, 6.45) is 0. The zero-order valence-corrected chi connectivity index (χ0v) is 10.6. The van der Waals surface area contributed by atoms with E-state index in [0.717, 1.165) is 0 Å². The van der Waals surface area contributed by atoms with Crippen molar-refractivity contribution in [2.45, 2.75) is 18.9 Å². The lowest BCUT2D eigenvalue weighted by atomic mass is 10.1. The van der Waals surface area contributed by atoms with Crippen LogP contribution in [-0.2, 0) is 9.84 Å². The lowest BCUT2D eigenvalue weighted by Gasteiger charge is -2.07. The molecule has 0 aliphatic carbocycles. The third kappa shape index (κ3) is 2.52. The van der Waals surface area contributed by atoms with Crippen molar-refractivity contribution in [3.63, 3.8) is 0 Å². The average Bonchev–Trinajstić information content (AvgIpc) is 2.16. The second-order valence-corrected chi connectivity index (χ2v) is 5.78. The topological polar surface area (TPSA) is 70.8 Å². The predicted molar refractivity (Wildman–Crippen MR) is 61.2 cm³/mol. The number of hydrogen-bond donors (Lipinski definition) is 0. The number of halogens is 1. The van der Waals surface area contributed by atoms with Crippen LogP contribution in [0.3, 0.4) is 0 Å². The van der Waals surface area contributed by atoms with Crippen molar-refractivity contribution >= 4 is 21.4 Å². The van der Waals surface area contributed by atoms with E-state index in [1.807, 2.05) is 6.07 Å². The molecular formula is C10H11ClN2O2S. The number of nitrogens with zero attached hydrogens (tertiary/aromatic N) is 2. The maximum atomic E-state index is 11.8. The Hall–Kier alpha value is -1.12. The van der Waals surface area contributed by atoms with Gasteiger partial charge in [-0.05, 0) is 25.5 Å². The van der Waals surface area contributed by atoms with Gasteiger partial charge in [-0.1, -0.05) is 0 Å². The SMILES string of the molecule is Cc1cc(C)c(C#N)c(S(=O)(=O)CCCl)n1. The van der Waals surface area contributed by atoms with Crippen LogP contribution in [-0.4, -0.2) is 25.0 Å². The Morgan fingerprint density at radius 3 is 2.62 bits per heavy atom. The molecule has 6 heteroatoms. The maximum absolute atomic E-state index is 11.8. The predicted octanol–water partition coefficient (Wildman–Crippen LogP) is 1.58. The van der Waals surface area contributed by atoms with Gasteiger partial charge in [0.1, 0.15) is 6.07 Å². The molecule has 0 saturated carbocycles. The Morgan fingerprint density at radius 2 is 2.12 bits per heavy atom. The molecule has 0 aliphatic heterocycles. The Labute approximate surface area is 99.8 Å². The summed E-state index contributed by atoms with van der Waals surface area (Å²) < 4.78 is 23.6. The summed E-state index contributed by atoms with van der Waals surface area (Å²) in [6.45, 7) is 3.38. The third-order valence-electron chi connectivity index (χ3n) is 2.06. The van der Waals surface area contributed by atoms with E-state index in [4.69, 9.17) is 16.9 Å². The van der Waals surface area contributed by atoms with E-state index in [0.29, 0.717) is 11.3 Å². The first-order valence-corrected chi connectivity index (χ1v) is 6.78. The fraction of sp³-hybridized carbons (Fsp3) is 0.400. The van der Waals surface area contributed by atoms with Gasteiger partial charge in [0, 0.05) is 11.6 Å². The van der Waals surface area contributed by atoms with Crippen molar-refractivity contribution in [2.75, 3.05) is 11.6 Å². The molecule has 1 rings (SSSR count). The molecule has 4 nitrogen and oxygen atoms in total. The summed E-state index contributed by atoms with van der Waals surface area (Å²) in [7, 11) is -3.56. The number of sulfone groups is 1. The van der Waals surface area contributed by atoms with E-state index in [2.05, 4.69) is 4.98 Å². The summed E-state index contributed by atoms with van der Waals surface area (Å²) in [5.74, 6) is -0.221. The highest BCUT2D eigenvalue weighted by Gasteiger charge is 2.21. The van der Waals surface area contributed by atoms with Crippen LogP contribution in [0, 0.1) is 25.2 Å². The average molecular weight is 259 g/mol. The number of aromatic nitrogens is 1. The fourth-order valence-corrected chi connectivity index (χ4v) is 3.17. The number of hydrogen-bond acceptors (Lipinski definition) is 4. The van der Waals surface area contributed by atoms with Crippen LogP contribution in [0.15, 0.2) is 11.1 Å². The van der Waals surface area contributed by atoms with Gasteiger partial charge in [-0.15, -0.1) is 11.6 Å². The van der Waals surface area contributed by atoms with Crippen molar-refractivity contribution in [2.24, 2.45) is 0 Å². The number of aryl methyl sites for hydroxylation is 2. The summed E-state index contributed by atoms with van der Waals surface area (Å²) in [6, 6.07) is 3.55. The van der Waals surface area contributed by atoms with Crippen molar-refractivity contribution in [1.29, 1.82) is 5.26 Å². The molecule has 0 radical (unpaired) electrons. The van der Waals surface area contributed by atoms with E-state index in [-0.39, 0.29) is 22.2 Å². The number of alkyl halides is 1. The van der Waals surface area contributed by atoms with Gasteiger partial charge in [0.15, 0.2) is 14.9 Å². The van der Waals surface area contributed by atoms with E-state index >= 15 is 0 Å². The van der Waals surface area contributed by atoms with Crippen LogP contribution in [0.25, 0.3) is 0 Å². The van der Waals surface area contributed by atoms with Gasteiger partial charge in [0.05, 0.1) is 11.3 Å². The van der Waals surface area contributed by atoms with Crippen LogP contribution in [0.1, 0.15) is 16.8 Å². The van der Waals surface area contributed by atoms with E-state index in [1.54, 1.807) is 19.9 Å². The van der Waals surface area contributed by atoms with Crippen LogP contribution in [0.2, 0.25) is 0 Å². The molecule has 16 heavy (non-hydrogen) atoms. The molecule has 0 saturated heterocycles. The quantitative estimate of drug-likeness (QED) is 0.772. The fourth-order valence-electron chi connectivity index (χ4n) is 1.36. The van der Waals surface area contributed by atoms with Crippen LogP contribution >= 0.6 is 11.6 Å². The molecule has 0 fully saturated rings. The van der Waals surface area contributed by atoms with E-state index in [1.165, 1.54) is 0 Å². The molecule has 0 aromatic carbocycles. The molecule has 1 heterocycles. The van der Waals surface area contributed by atoms with Gasteiger partial charge in [-0.25, -0.2) is 13.4 Å². The normalized spacial score (nSPS) is 11.1. The zero-order chi connectivity index (χ0) is 12.3. The summed E-state index contributed by atoms with van der Waals surface area (Å²) >= 11 is 5.42. The van der Waals surface area contributed by atoms with Gasteiger partial charge in [0.25, 0.3) is 0 Å². The molecular weight excluding hydrogens is 248 g/mol. The molecule has 0 amide bonds. The van der Waals surface area contributed by atoms with Crippen molar-refractivity contribution in [3.05, 3.63) is 22.9 Å². The second kappa shape index (κ2) is 4.81. The number of pyridine rings is 1. The molecule has 0 spiro atoms. The standard InChI is InChI=1S/C10H11ClN2O2S/c1-7-5-8(2)13-10(9(7)6-12)16(14,15)4-3-11/h5H,3-4H2,1-2H3. The molecule has 0 unspecified atom stereocenters. The highest BCUT2D eigenvalue weighted by Crippen LogP contribution is 2.19. The Balaban J connectivity index is 3.51. The lowest BCUT2D eigenvalue weighted by molar-refractivity contribution is 0.593. The van der Waals surface area contributed by atoms with Crippen molar-refractivity contribution in [1.82, 2.24) is 4.98 Å². The third-order valence-corrected chi connectivity index (χ3v) is 4.10. The molecule has 0 aliphatic rings. The van der Waals surface area contributed by atoms with E-state index in [9.17, 15) is 8.42 Å².